The molecule has 1 aromatic heterocycles. The number of aromatic nitrogens is 2. The highest BCUT2D eigenvalue weighted by atomic mass is 32.2. The number of aryl methyl sites for hydroxylation is 1. The molecule has 29 heavy (non-hydrogen) atoms. The van der Waals surface area contributed by atoms with Crippen LogP contribution in [-0.2, 0) is 10.0 Å². The van der Waals surface area contributed by atoms with E-state index in [9.17, 15) is 17.2 Å². The van der Waals surface area contributed by atoms with Gasteiger partial charge in [-0.1, -0.05) is 6.07 Å². The van der Waals surface area contributed by atoms with Gasteiger partial charge in [0, 0.05) is 51.0 Å². The Morgan fingerprint density at radius 1 is 0.897 bits per heavy atom. The number of benzene rings is 1. The lowest BCUT2D eigenvalue weighted by Crippen LogP contribution is -2.49. The van der Waals surface area contributed by atoms with Gasteiger partial charge in [-0.2, -0.15) is 9.29 Å². The molecule has 0 unspecified atom stereocenters. The van der Waals surface area contributed by atoms with E-state index in [1.807, 2.05) is 17.9 Å². The van der Waals surface area contributed by atoms with Crippen LogP contribution in [0.3, 0.4) is 0 Å². The van der Waals surface area contributed by atoms with E-state index in [-0.39, 0.29) is 13.1 Å². The third kappa shape index (κ3) is 3.91. The molecule has 0 amide bonds. The number of hydrogen-bond acceptors (Lipinski definition) is 6. The van der Waals surface area contributed by atoms with Gasteiger partial charge < -0.3 is 9.80 Å². The molecule has 7 nitrogen and oxygen atoms in total. The van der Waals surface area contributed by atoms with Crippen molar-refractivity contribution in [3.05, 3.63) is 41.6 Å². The second-order valence-corrected chi connectivity index (χ2v) is 9.18. The monoisotopic (exact) mass is 423 g/mol. The van der Waals surface area contributed by atoms with E-state index >= 15 is 0 Å². The van der Waals surface area contributed by atoms with Gasteiger partial charge in [0.25, 0.3) is 0 Å². The molecule has 156 valence electrons. The number of anilines is 2. The molecule has 2 fully saturated rings. The number of rotatable bonds is 4. The van der Waals surface area contributed by atoms with Crippen LogP contribution in [0.1, 0.15) is 18.5 Å². The molecule has 3 heterocycles. The highest BCUT2D eigenvalue weighted by Gasteiger charge is 2.33. The van der Waals surface area contributed by atoms with Gasteiger partial charge in [0.2, 0.25) is 16.0 Å². The molecule has 0 N–H and O–H groups in total. The summed E-state index contributed by atoms with van der Waals surface area (Å²) in [7, 11) is -4.24. The second-order valence-electron chi connectivity index (χ2n) is 7.30. The van der Waals surface area contributed by atoms with Gasteiger partial charge in [0.15, 0.2) is 4.90 Å². The van der Waals surface area contributed by atoms with Crippen molar-refractivity contribution in [3.8, 4) is 0 Å². The summed E-state index contributed by atoms with van der Waals surface area (Å²) in [5.41, 5.74) is 0.848. The van der Waals surface area contributed by atoms with Crippen molar-refractivity contribution in [2.45, 2.75) is 24.7 Å². The van der Waals surface area contributed by atoms with E-state index in [1.54, 1.807) is 0 Å². The number of hydrogen-bond donors (Lipinski definition) is 0. The smallest absolute Gasteiger partial charge is 0.249 e. The molecule has 0 bridgehead atoms. The van der Waals surface area contributed by atoms with E-state index < -0.39 is 26.6 Å². The van der Waals surface area contributed by atoms with Crippen LogP contribution in [0.5, 0.6) is 0 Å². The first kappa shape index (κ1) is 20.0. The van der Waals surface area contributed by atoms with Crippen molar-refractivity contribution < 1.29 is 17.2 Å². The van der Waals surface area contributed by atoms with Crippen molar-refractivity contribution >= 4 is 21.8 Å². The van der Waals surface area contributed by atoms with Crippen LogP contribution in [0.2, 0.25) is 0 Å². The van der Waals surface area contributed by atoms with E-state index in [0.29, 0.717) is 19.0 Å². The Bertz CT molecular complexity index is 983. The Morgan fingerprint density at radius 3 is 2.14 bits per heavy atom. The van der Waals surface area contributed by atoms with Crippen molar-refractivity contribution in [1.29, 1.82) is 0 Å². The third-order valence-corrected chi connectivity index (χ3v) is 7.25. The minimum Gasteiger partial charge on any atom is -0.354 e. The van der Waals surface area contributed by atoms with Crippen molar-refractivity contribution in [2.75, 3.05) is 49.1 Å². The van der Waals surface area contributed by atoms with Gasteiger partial charge >= 0.3 is 0 Å². The summed E-state index contributed by atoms with van der Waals surface area (Å²) in [5, 5.41) is 0. The molecule has 0 spiro atoms. The average Bonchev–Trinajstić information content (AvgIpc) is 3.22. The SMILES string of the molecule is Cc1cc(N2CCN(S(=O)(=O)c3c(F)cccc3F)CC2)nc(N2CCCC2)n1. The third-order valence-electron chi connectivity index (χ3n) is 5.30. The number of sulfonamides is 1. The zero-order valence-corrected chi connectivity index (χ0v) is 17.0. The van der Waals surface area contributed by atoms with Gasteiger partial charge in [-0.25, -0.2) is 22.2 Å². The molecule has 0 atom stereocenters. The molecule has 2 aliphatic heterocycles. The molecular weight excluding hydrogens is 400 g/mol. The number of halogens is 2. The zero-order chi connectivity index (χ0) is 20.6. The quantitative estimate of drug-likeness (QED) is 0.751. The summed E-state index contributed by atoms with van der Waals surface area (Å²) in [6.45, 7) is 4.78. The van der Waals surface area contributed by atoms with Crippen LogP contribution in [0.15, 0.2) is 29.2 Å². The molecule has 2 saturated heterocycles. The van der Waals surface area contributed by atoms with Gasteiger partial charge in [0.05, 0.1) is 0 Å². The maximum Gasteiger partial charge on any atom is 0.249 e. The summed E-state index contributed by atoms with van der Waals surface area (Å²) in [4.78, 5) is 12.4. The lowest BCUT2D eigenvalue weighted by atomic mass is 10.3. The zero-order valence-electron chi connectivity index (χ0n) is 16.2. The topological polar surface area (TPSA) is 69.6 Å². The predicted octanol–water partition coefficient (Wildman–Crippen LogP) is 2.17. The van der Waals surface area contributed by atoms with Gasteiger partial charge in [0.1, 0.15) is 17.5 Å². The van der Waals surface area contributed by atoms with Crippen molar-refractivity contribution in [3.63, 3.8) is 0 Å². The average molecular weight is 423 g/mol. The normalized spacial score (nSPS) is 18.4. The van der Waals surface area contributed by atoms with Crippen molar-refractivity contribution in [1.82, 2.24) is 14.3 Å². The fraction of sp³-hybridized carbons (Fsp3) is 0.474. The van der Waals surface area contributed by atoms with Gasteiger partial charge in [-0.05, 0) is 31.9 Å². The maximum absolute atomic E-state index is 14.0. The predicted molar refractivity (Wildman–Crippen MR) is 106 cm³/mol. The Kier molecular flexibility index (Phi) is 5.39. The first-order chi connectivity index (χ1) is 13.9. The summed E-state index contributed by atoms with van der Waals surface area (Å²) >= 11 is 0. The highest BCUT2D eigenvalue weighted by Crippen LogP contribution is 2.26. The van der Waals surface area contributed by atoms with E-state index in [4.69, 9.17) is 0 Å². The Labute approximate surface area is 169 Å². The molecule has 2 aliphatic rings. The summed E-state index contributed by atoms with van der Waals surface area (Å²) < 4.78 is 54.6. The van der Waals surface area contributed by atoms with Crippen LogP contribution >= 0.6 is 0 Å². The Morgan fingerprint density at radius 2 is 1.52 bits per heavy atom. The lowest BCUT2D eigenvalue weighted by molar-refractivity contribution is 0.377. The minimum absolute atomic E-state index is 0.123. The molecule has 0 aliphatic carbocycles. The summed E-state index contributed by atoms with van der Waals surface area (Å²) in [5.74, 6) is -0.710. The van der Waals surface area contributed by atoms with E-state index in [0.717, 1.165) is 59.9 Å². The largest absolute Gasteiger partial charge is 0.354 e. The highest BCUT2D eigenvalue weighted by molar-refractivity contribution is 7.89. The first-order valence-electron chi connectivity index (χ1n) is 9.66. The van der Waals surface area contributed by atoms with Crippen molar-refractivity contribution in [2.24, 2.45) is 0 Å². The standard InChI is InChI=1S/C19H23F2N5O2S/c1-14-13-17(23-19(22-14)25-7-2-3-8-25)24-9-11-26(12-10-24)29(27,28)18-15(20)5-4-6-16(18)21/h4-6,13H,2-3,7-12H2,1H3. The Balaban J connectivity index is 1.51. The van der Waals surface area contributed by atoms with Gasteiger partial charge in [-0.15, -0.1) is 0 Å². The van der Waals surface area contributed by atoms with E-state index in [1.165, 1.54) is 0 Å². The fourth-order valence-corrected chi connectivity index (χ4v) is 5.30. The molecule has 0 radical (unpaired) electrons. The van der Waals surface area contributed by atoms with Crippen LogP contribution < -0.4 is 9.80 Å². The molecular formula is C19H23F2N5O2S. The van der Waals surface area contributed by atoms with Crippen LogP contribution in [0.25, 0.3) is 0 Å². The van der Waals surface area contributed by atoms with Gasteiger partial charge in [-0.3, -0.25) is 0 Å². The molecule has 2 aromatic rings. The molecule has 1 aromatic carbocycles. The maximum atomic E-state index is 14.0. The summed E-state index contributed by atoms with van der Waals surface area (Å²) in [6, 6.07) is 4.93. The van der Waals surface area contributed by atoms with E-state index in [2.05, 4.69) is 14.9 Å². The lowest BCUT2D eigenvalue weighted by Gasteiger charge is -2.35. The van der Waals surface area contributed by atoms with Crippen LogP contribution in [0, 0.1) is 18.6 Å². The molecule has 10 heteroatoms. The molecule has 4 rings (SSSR count). The fourth-order valence-electron chi connectivity index (χ4n) is 3.77. The first-order valence-corrected chi connectivity index (χ1v) is 11.1. The second kappa shape index (κ2) is 7.83. The Hall–Kier alpha value is -2.33. The minimum atomic E-state index is -4.24. The number of nitrogens with zero attached hydrogens (tertiary/aromatic N) is 5. The molecule has 0 saturated carbocycles. The summed E-state index contributed by atoms with van der Waals surface area (Å²) in [6.07, 6.45) is 2.24. The van der Waals surface area contributed by atoms with Crippen LogP contribution in [0.4, 0.5) is 20.5 Å². The number of piperazine rings is 1. The van der Waals surface area contributed by atoms with Crippen LogP contribution in [-0.4, -0.2) is 62.0 Å².